The van der Waals surface area contributed by atoms with Gasteiger partial charge in [-0.15, -0.1) is 11.3 Å². The summed E-state index contributed by atoms with van der Waals surface area (Å²) in [6, 6.07) is 1.60. The molecule has 1 aromatic heterocycles. The van der Waals surface area contributed by atoms with E-state index < -0.39 is 0 Å². The van der Waals surface area contributed by atoms with Gasteiger partial charge >= 0.3 is 0 Å². The lowest BCUT2D eigenvalue weighted by Crippen LogP contribution is -2.04. The summed E-state index contributed by atoms with van der Waals surface area (Å²) in [6.45, 7) is 0. The lowest BCUT2D eigenvalue weighted by Gasteiger charge is -1.98. The van der Waals surface area contributed by atoms with Crippen molar-refractivity contribution in [1.29, 1.82) is 0 Å². The molecule has 1 rings (SSSR count). The normalized spacial score (nSPS) is 10.6. The minimum atomic E-state index is 0.383. The molecule has 1 N–H and O–H groups in total. The quantitative estimate of drug-likeness (QED) is 0.351. The first-order valence-corrected chi connectivity index (χ1v) is 4.38. The average Bonchev–Trinajstić information content (AvgIpc) is 2.85. The maximum Gasteiger partial charge on any atom is 0.179 e. The maximum atomic E-state index is 7.52. The van der Waals surface area contributed by atoms with Crippen molar-refractivity contribution in [3.05, 3.63) is 16.8 Å². The fraction of sp³-hybridized carbons (Fsp3) is 0. The van der Waals surface area contributed by atoms with Crippen molar-refractivity contribution in [1.82, 2.24) is 0 Å². The summed E-state index contributed by atoms with van der Waals surface area (Å²) in [5, 5.41) is 46.2. The molecule has 98 valence electrons. The van der Waals surface area contributed by atoms with Gasteiger partial charge in [0.15, 0.2) is 5.75 Å². The molecule has 0 aliphatic rings. The molecule has 0 atom stereocenters. The van der Waals surface area contributed by atoms with Crippen LogP contribution >= 0.6 is 11.3 Å². The molecule has 17 heavy (non-hydrogen) atoms. The fourth-order valence-corrected chi connectivity index (χ4v) is 0.988. The topological polar surface area (TPSA) is 122 Å². The van der Waals surface area contributed by atoms with Gasteiger partial charge in [0.05, 0.1) is 0 Å². The van der Waals surface area contributed by atoms with Crippen molar-refractivity contribution in [3.8, 4) is 5.75 Å². The lowest BCUT2D eigenvalue weighted by atomic mass is 10.6. The number of hydrogen-bond acceptors (Lipinski definition) is 13. The Labute approximate surface area is 95.3 Å². The van der Waals surface area contributed by atoms with E-state index in [0.29, 0.717) is 5.75 Å². The molecule has 0 saturated carbocycles. The summed E-state index contributed by atoms with van der Waals surface area (Å²) in [5.74, 6) is 0.383. The number of rotatable bonds is 11. The Balaban J connectivity index is 1.76. The van der Waals surface area contributed by atoms with Gasteiger partial charge in [0.1, 0.15) is 0 Å². The first-order chi connectivity index (χ1) is 8.43. The van der Waals surface area contributed by atoms with Gasteiger partial charge in [-0.3, -0.25) is 0 Å². The van der Waals surface area contributed by atoms with Crippen LogP contribution in [0.25, 0.3) is 0 Å². The van der Waals surface area contributed by atoms with Gasteiger partial charge in [0, 0.05) is 30.6 Å². The zero-order valence-electron chi connectivity index (χ0n) is 7.58. The summed E-state index contributed by atoms with van der Waals surface area (Å²) in [4.78, 5) is 4.47. The van der Waals surface area contributed by atoms with Gasteiger partial charge in [-0.1, -0.05) is 0 Å². The Morgan fingerprint density at radius 2 is 1.41 bits per heavy atom. The van der Waals surface area contributed by atoms with Crippen LogP contribution in [0, 0.1) is 0 Å². The van der Waals surface area contributed by atoms with E-state index in [1.165, 1.54) is 11.3 Å². The third-order valence-electron chi connectivity index (χ3n) is 0.878. The molecule has 0 radical (unpaired) electrons. The second-order valence-electron chi connectivity index (χ2n) is 1.73. The Morgan fingerprint density at radius 1 is 0.824 bits per heavy atom. The van der Waals surface area contributed by atoms with E-state index in [0.717, 1.165) is 0 Å². The van der Waals surface area contributed by atoms with Crippen molar-refractivity contribution < 1.29 is 60.5 Å². The molecule has 0 bridgehead atoms. The zero-order valence-corrected chi connectivity index (χ0v) is 8.39. The van der Waals surface area contributed by atoms with Crippen molar-refractivity contribution in [2.24, 2.45) is 0 Å². The second kappa shape index (κ2) is 10.2. The van der Waals surface area contributed by atoms with E-state index >= 15 is 0 Å². The molecular formula is C4H4O12S. The van der Waals surface area contributed by atoms with Crippen LogP contribution in [0.1, 0.15) is 0 Å². The number of thiophene rings is 1. The fourth-order valence-electron chi connectivity index (χ4n) is 0.444. The lowest BCUT2D eigenvalue weighted by molar-refractivity contribution is -0.860. The Kier molecular flexibility index (Phi) is 8.50. The standard InChI is InChI=1S/C4H4O12S/c5-7-9-11-13-15-16-14-12-10-8-6-4-1-2-17-3-4/h1-3,5H. The van der Waals surface area contributed by atoms with Gasteiger partial charge in [-0.25, -0.2) is 5.26 Å². The Morgan fingerprint density at radius 3 is 1.94 bits per heavy atom. The third-order valence-corrected chi connectivity index (χ3v) is 1.54. The van der Waals surface area contributed by atoms with Gasteiger partial charge in [-0.05, 0) is 36.6 Å². The van der Waals surface area contributed by atoms with Crippen molar-refractivity contribution >= 4 is 11.3 Å². The molecule has 0 unspecified atom stereocenters. The van der Waals surface area contributed by atoms with Crippen LogP contribution in [-0.2, 0) is 50.4 Å². The van der Waals surface area contributed by atoms with E-state index in [2.05, 4.69) is 55.3 Å². The predicted octanol–water partition coefficient (Wildman–Crippen LogP) is 0.916. The van der Waals surface area contributed by atoms with E-state index in [1.807, 2.05) is 0 Å². The largest absolute Gasteiger partial charge is 0.305 e. The van der Waals surface area contributed by atoms with Crippen LogP contribution in [-0.4, -0.2) is 5.26 Å². The molecule has 0 aliphatic carbocycles. The molecule has 1 heterocycles. The van der Waals surface area contributed by atoms with Crippen LogP contribution < -0.4 is 4.89 Å². The van der Waals surface area contributed by atoms with Gasteiger partial charge < -0.3 is 4.89 Å². The van der Waals surface area contributed by atoms with Crippen molar-refractivity contribution in [2.45, 2.75) is 0 Å². The highest BCUT2D eigenvalue weighted by molar-refractivity contribution is 7.08. The first kappa shape index (κ1) is 14.1. The summed E-state index contributed by atoms with van der Waals surface area (Å²) in [6.07, 6.45) is 0. The predicted molar refractivity (Wildman–Crippen MR) is 38.4 cm³/mol. The molecular weight excluding hydrogens is 272 g/mol. The molecule has 0 saturated heterocycles. The van der Waals surface area contributed by atoms with E-state index in [4.69, 9.17) is 5.26 Å². The first-order valence-electron chi connectivity index (χ1n) is 3.44. The summed E-state index contributed by atoms with van der Waals surface area (Å²) in [7, 11) is 0. The summed E-state index contributed by atoms with van der Waals surface area (Å²) < 4.78 is 0. The van der Waals surface area contributed by atoms with Crippen molar-refractivity contribution in [2.75, 3.05) is 0 Å². The Bertz CT molecular complexity index is 251. The van der Waals surface area contributed by atoms with Crippen LogP contribution in [0.2, 0.25) is 0 Å². The van der Waals surface area contributed by atoms with Gasteiger partial charge in [-0.2, -0.15) is 0 Å². The van der Waals surface area contributed by atoms with Crippen molar-refractivity contribution in [3.63, 3.8) is 0 Å². The van der Waals surface area contributed by atoms with E-state index in [9.17, 15) is 0 Å². The summed E-state index contributed by atoms with van der Waals surface area (Å²) in [5.41, 5.74) is 0. The van der Waals surface area contributed by atoms with Crippen LogP contribution in [0.3, 0.4) is 0 Å². The molecule has 0 fully saturated rings. The average molecular weight is 276 g/mol. The molecule has 13 heteroatoms. The van der Waals surface area contributed by atoms with E-state index in [-0.39, 0.29) is 0 Å². The Hall–Kier alpha value is -0.940. The molecule has 0 aromatic carbocycles. The van der Waals surface area contributed by atoms with Crippen LogP contribution in [0.4, 0.5) is 0 Å². The molecule has 1 aromatic rings. The highest BCUT2D eigenvalue weighted by Gasteiger charge is 1.98. The monoisotopic (exact) mass is 276 g/mol. The highest BCUT2D eigenvalue weighted by Crippen LogP contribution is 2.14. The number of hydrogen-bond donors (Lipinski definition) is 1. The second-order valence-corrected chi connectivity index (χ2v) is 2.51. The minimum absolute atomic E-state index is 0.383. The van der Waals surface area contributed by atoms with Crippen LogP contribution in [0.15, 0.2) is 16.8 Å². The van der Waals surface area contributed by atoms with Gasteiger partial charge in [0.2, 0.25) is 0 Å². The van der Waals surface area contributed by atoms with Crippen LogP contribution in [0.5, 0.6) is 5.75 Å². The SMILES string of the molecule is OOOOOOOOOOOOc1ccsc1. The maximum absolute atomic E-state index is 7.52. The molecule has 0 aliphatic heterocycles. The van der Waals surface area contributed by atoms with Gasteiger partial charge in [0.25, 0.3) is 0 Å². The zero-order chi connectivity index (χ0) is 12.2. The van der Waals surface area contributed by atoms with E-state index in [1.54, 1.807) is 16.8 Å². The molecule has 12 nitrogen and oxygen atoms in total. The minimum Gasteiger partial charge on any atom is -0.305 e. The molecule has 0 spiro atoms. The summed E-state index contributed by atoms with van der Waals surface area (Å²) >= 11 is 1.37. The molecule has 0 amide bonds. The smallest absolute Gasteiger partial charge is 0.179 e. The highest BCUT2D eigenvalue weighted by atomic mass is 32.1. The third kappa shape index (κ3) is 7.88.